The summed E-state index contributed by atoms with van der Waals surface area (Å²) in [6.45, 7) is 2.95. The number of hydrogen-bond acceptors (Lipinski definition) is 3. The predicted octanol–water partition coefficient (Wildman–Crippen LogP) is 3.19. The number of carbonyl (C=O) groups is 1. The first kappa shape index (κ1) is 13.5. The smallest absolute Gasteiger partial charge is 0.221 e. The van der Waals surface area contributed by atoms with Gasteiger partial charge >= 0.3 is 0 Å². The summed E-state index contributed by atoms with van der Waals surface area (Å²) in [6.07, 6.45) is 0.966. The molecule has 0 aliphatic carbocycles. The molecule has 1 amide bonds. The van der Waals surface area contributed by atoms with Crippen LogP contribution in [0.1, 0.15) is 18.1 Å². The minimum absolute atomic E-state index is 0.0582. The number of anilines is 2. The second-order valence-electron chi connectivity index (χ2n) is 5.11. The molecule has 2 aromatic rings. The molecule has 21 heavy (non-hydrogen) atoms. The number of nitrogens with one attached hydrogen (secondary N) is 2. The van der Waals surface area contributed by atoms with Crippen LogP contribution in [0.15, 0.2) is 42.5 Å². The minimum atomic E-state index is -0.0582. The standard InChI is InChI=1S/C17H18N2O2/c1-12(20)19-16-5-3-2-4-14(16)11-18-15-6-7-17-13(10-15)8-9-21-17/h2-7,10,18H,8-9,11H2,1H3,(H,19,20). The molecule has 3 rings (SSSR count). The van der Waals surface area contributed by atoms with E-state index in [1.807, 2.05) is 36.4 Å². The van der Waals surface area contributed by atoms with Gasteiger partial charge in [0.05, 0.1) is 6.61 Å². The van der Waals surface area contributed by atoms with E-state index in [2.05, 4.69) is 16.7 Å². The Kier molecular flexibility index (Phi) is 3.77. The number of para-hydroxylation sites is 1. The number of rotatable bonds is 4. The number of benzene rings is 2. The molecule has 0 atom stereocenters. The number of ether oxygens (including phenoxy) is 1. The predicted molar refractivity (Wildman–Crippen MR) is 83.7 cm³/mol. The van der Waals surface area contributed by atoms with Crippen LogP contribution in [0, 0.1) is 0 Å². The molecule has 1 heterocycles. The first-order valence-electron chi connectivity index (χ1n) is 7.07. The highest BCUT2D eigenvalue weighted by molar-refractivity contribution is 5.89. The van der Waals surface area contributed by atoms with Crippen molar-refractivity contribution in [1.82, 2.24) is 0 Å². The van der Waals surface area contributed by atoms with Crippen molar-refractivity contribution < 1.29 is 9.53 Å². The van der Waals surface area contributed by atoms with Crippen LogP contribution in [0.2, 0.25) is 0 Å². The summed E-state index contributed by atoms with van der Waals surface area (Å²) in [5.74, 6) is 0.927. The molecule has 4 nitrogen and oxygen atoms in total. The molecule has 0 fully saturated rings. The Morgan fingerprint density at radius 2 is 2.10 bits per heavy atom. The zero-order valence-electron chi connectivity index (χ0n) is 12.0. The molecule has 1 aliphatic rings. The molecule has 2 N–H and O–H groups in total. The minimum Gasteiger partial charge on any atom is -0.493 e. The molecule has 0 radical (unpaired) electrons. The lowest BCUT2D eigenvalue weighted by molar-refractivity contribution is -0.114. The highest BCUT2D eigenvalue weighted by atomic mass is 16.5. The maximum atomic E-state index is 11.2. The summed E-state index contributed by atoms with van der Waals surface area (Å²) in [6, 6.07) is 14.0. The third kappa shape index (κ3) is 3.16. The van der Waals surface area contributed by atoms with Crippen LogP contribution in [0.3, 0.4) is 0 Å². The van der Waals surface area contributed by atoms with E-state index in [9.17, 15) is 4.79 Å². The van der Waals surface area contributed by atoms with Crippen LogP contribution in [0.4, 0.5) is 11.4 Å². The highest BCUT2D eigenvalue weighted by Crippen LogP contribution is 2.28. The summed E-state index contributed by atoms with van der Waals surface area (Å²) in [4.78, 5) is 11.2. The fourth-order valence-corrected chi connectivity index (χ4v) is 2.48. The Bertz CT molecular complexity index is 668. The summed E-state index contributed by atoms with van der Waals surface area (Å²) < 4.78 is 5.50. The van der Waals surface area contributed by atoms with Gasteiger partial charge in [-0.15, -0.1) is 0 Å². The van der Waals surface area contributed by atoms with Crippen LogP contribution >= 0.6 is 0 Å². The molecule has 0 spiro atoms. The van der Waals surface area contributed by atoms with E-state index in [1.165, 1.54) is 12.5 Å². The molecule has 0 bridgehead atoms. The molecule has 4 heteroatoms. The van der Waals surface area contributed by atoms with E-state index < -0.39 is 0 Å². The Labute approximate surface area is 124 Å². The van der Waals surface area contributed by atoms with Gasteiger partial charge in [0.1, 0.15) is 5.75 Å². The summed E-state index contributed by atoms with van der Waals surface area (Å²) in [5, 5.41) is 6.25. The van der Waals surface area contributed by atoms with Gasteiger partial charge < -0.3 is 15.4 Å². The van der Waals surface area contributed by atoms with E-state index >= 15 is 0 Å². The van der Waals surface area contributed by atoms with E-state index in [4.69, 9.17) is 4.74 Å². The Balaban J connectivity index is 1.71. The van der Waals surface area contributed by atoms with E-state index in [1.54, 1.807) is 0 Å². The van der Waals surface area contributed by atoms with Gasteiger partial charge in [-0.3, -0.25) is 4.79 Å². The van der Waals surface area contributed by atoms with Crippen molar-refractivity contribution in [1.29, 1.82) is 0 Å². The molecule has 1 aliphatic heterocycles. The van der Waals surface area contributed by atoms with E-state index in [0.717, 1.165) is 35.7 Å². The largest absolute Gasteiger partial charge is 0.493 e. The van der Waals surface area contributed by atoms with Gasteiger partial charge in [-0.2, -0.15) is 0 Å². The molecule has 0 saturated carbocycles. The maximum absolute atomic E-state index is 11.2. The van der Waals surface area contributed by atoms with Crippen molar-refractivity contribution >= 4 is 17.3 Å². The van der Waals surface area contributed by atoms with E-state index in [0.29, 0.717) is 6.54 Å². The van der Waals surface area contributed by atoms with Crippen molar-refractivity contribution in [2.24, 2.45) is 0 Å². The molecular weight excluding hydrogens is 264 g/mol. The quantitative estimate of drug-likeness (QED) is 0.905. The van der Waals surface area contributed by atoms with Gasteiger partial charge in [0, 0.05) is 31.3 Å². The maximum Gasteiger partial charge on any atom is 0.221 e. The molecule has 108 valence electrons. The highest BCUT2D eigenvalue weighted by Gasteiger charge is 2.12. The number of hydrogen-bond donors (Lipinski definition) is 2. The van der Waals surface area contributed by atoms with Gasteiger partial charge in [-0.05, 0) is 35.4 Å². The zero-order valence-corrected chi connectivity index (χ0v) is 12.0. The van der Waals surface area contributed by atoms with Crippen LogP contribution in [0.25, 0.3) is 0 Å². The molecular formula is C17H18N2O2. The fraction of sp³-hybridized carbons (Fsp3) is 0.235. The van der Waals surface area contributed by atoms with Crippen molar-refractivity contribution in [2.45, 2.75) is 19.9 Å². The summed E-state index contributed by atoms with van der Waals surface area (Å²) >= 11 is 0. The van der Waals surface area contributed by atoms with Crippen LogP contribution in [-0.2, 0) is 17.8 Å². The first-order valence-corrected chi connectivity index (χ1v) is 7.07. The molecule has 0 aromatic heterocycles. The SMILES string of the molecule is CC(=O)Nc1ccccc1CNc1ccc2c(c1)CCO2. The van der Waals surface area contributed by atoms with Crippen LogP contribution < -0.4 is 15.4 Å². The average molecular weight is 282 g/mol. The first-order chi connectivity index (χ1) is 10.2. The molecule has 0 saturated heterocycles. The lowest BCUT2D eigenvalue weighted by Crippen LogP contribution is -2.10. The molecule has 2 aromatic carbocycles. The van der Waals surface area contributed by atoms with Gasteiger partial charge in [0.15, 0.2) is 0 Å². The van der Waals surface area contributed by atoms with Crippen molar-refractivity contribution in [3.05, 3.63) is 53.6 Å². The normalized spacial score (nSPS) is 12.4. The van der Waals surface area contributed by atoms with Crippen LogP contribution in [0.5, 0.6) is 5.75 Å². The van der Waals surface area contributed by atoms with Crippen LogP contribution in [-0.4, -0.2) is 12.5 Å². The lowest BCUT2D eigenvalue weighted by atomic mass is 10.1. The van der Waals surface area contributed by atoms with Crippen molar-refractivity contribution in [2.75, 3.05) is 17.2 Å². The second kappa shape index (κ2) is 5.87. The Morgan fingerprint density at radius 1 is 1.24 bits per heavy atom. The average Bonchev–Trinajstić information content (AvgIpc) is 2.93. The Morgan fingerprint density at radius 3 is 2.95 bits per heavy atom. The van der Waals surface area contributed by atoms with E-state index in [-0.39, 0.29) is 5.91 Å². The van der Waals surface area contributed by atoms with Gasteiger partial charge in [0.25, 0.3) is 0 Å². The van der Waals surface area contributed by atoms with Crippen molar-refractivity contribution in [3.63, 3.8) is 0 Å². The Hall–Kier alpha value is -2.49. The number of fused-ring (bicyclic) bond motifs is 1. The topological polar surface area (TPSA) is 50.4 Å². The second-order valence-corrected chi connectivity index (χ2v) is 5.11. The molecule has 0 unspecified atom stereocenters. The summed E-state index contributed by atoms with van der Waals surface area (Å²) in [5.41, 5.74) is 4.22. The lowest BCUT2D eigenvalue weighted by Gasteiger charge is -2.12. The number of carbonyl (C=O) groups excluding carboxylic acids is 1. The number of amides is 1. The van der Waals surface area contributed by atoms with Gasteiger partial charge in [-0.25, -0.2) is 0 Å². The van der Waals surface area contributed by atoms with Gasteiger partial charge in [-0.1, -0.05) is 18.2 Å². The summed E-state index contributed by atoms with van der Waals surface area (Å²) in [7, 11) is 0. The third-order valence-electron chi connectivity index (χ3n) is 3.50. The van der Waals surface area contributed by atoms with Gasteiger partial charge in [0.2, 0.25) is 5.91 Å². The zero-order chi connectivity index (χ0) is 14.7. The fourth-order valence-electron chi connectivity index (χ4n) is 2.48. The third-order valence-corrected chi connectivity index (χ3v) is 3.50. The van der Waals surface area contributed by atoms with Crippen molar-refractivity contribution in [3.8, 4) is 5.75 Å². The monoisotopic (exact) mass is 282 g/mol.